The molecular formula is C15H17NO4. The summed E-state index contributed by atoms with van der Waals surface area (Å²) in [5.74, 6) is -2.10. The molecular weight excluding hydrogens is 258 g/mol. The van der Waals surface area contributed by atoms with Gasteiger partial charge in [0, 0.05) is 10.9 Å². The number of fused-ring (bicyclic) bond motifs is 1. The summed E-state index contributed by atoms with van der Waals surface area (Å²) in [5, 5.41) is 12.5. The van der Waals surface area contributed by atoms with Crippen molar-refractivity contribution in [2.45, 2.75) is 26.8 Å². The van der Waals surface area contributed by atoms with Crippen LogP contribution < -0.4 is 5.32 Å². The minimum Gasteiger partial charge on any atom is -0.481 e. The van der Waals surface area contributed by atoms with Crippen molar-refractivity contribution in [2.24, 2.45) is 5.92 Å². The fourth-order valence-corrected chi connectivity index (χ4v) is 2.12. The predicted molar refractivity (Wildman–Crippen MR) is 74.3 cm³/mol. The van der Waals surface area contributed by atoms with Gasteiger partial charge in [0.05, 0.1) is 6.04 Å². The van der Waals surface area contributed by atoms with Gasteiger partial charge in [0.25, 0.3) is 0 Å². The Hall–Kier alpha value is -2.30. The molecule has 0 aliphatic heterocycles. The smallest absolute Gasteiger partial charge is 0.315 e. The summed E-state index contributed by atoms with van der Waals surface area (Å²) < 4.78 is 5.74. The van der Waals surface area contributed by atoms with Gasteiger partial charge in [-0.05, 0) is 26.8 Å². The lowest BCUT2D eigenvalue weighted by Gasteiger charge is -2.14. The van der Waals surface area contributed by atoms with Crippen molar-refractivity contribution in [2.75, 3.05) is 0 Å². The molecule has 2 N–H and O–H groups in total. The zero-order valence-electron chi connectivity index (χ0n) is 11.6. The number of nitrogens with one attached hydrogen (secondary N) is 1. The van der Waals surface area contributed by atoms with Crippen molar-refractivity contribution in [1.82, 2.24) is 5.32 Å². The van der Waals surface area contributed by atoms with Gasteiger partial charge in [0.1, 0.15) is 17.3 Å². The van der Waals surface area contributed by atoms with E-state index in [2.05, 4.69) is 5.32 Å². The van der Waals surface area contributed by atoms with Gasteiger partial charge in [-0.3, -0.25) is 9.59 Å². The van der Waals surface area contributed by atoms with Crippen molar-refractivity contribution in [3.63, 3.8) is 0 Å². The molecule has 0 saturated heterocycles. The molecule has 5 nitrogen and oxygen atoms in total. The highest BCUT2D eigenvalue weighted by atomic mass is 16.4. The van der Waals surface area contributed by atoms with E-state index in [-0.39, 0.29) is 6.04 Å². The SMILES string of the molecule is Cc1c([C@@H](C)NC(=O)C(C)C(=O)O)oc2ccccc12. The molecule has 0 bridgehead atoms. The summed E-state index contributed by atoms with van der Waals surface area (Å²) >= 11 is 0. The average molecular weight is 275 g/mol. The summed E-state index contributed by atoms with van der Waals surface area (Å²) in [7, 11) is 0. The van der Waals surface area contributed by atoms with Crippen LogP contribution in [0.4, 0.5) is 0 Å². The number of carbonyl (C=O) groups is 2. The van der Waals surface area contributed by atoms with Crippen molar-refractivity contribution in [3.8, 4) is 0 Å². The molecule has 1 aromatic carbocycles. The fourth-order valence-electron chi connectivity index (χ4n) is 2.12. The average Bonchev–Trinajstić information content (AvgIpc) is 2.75. The number of carboxylic acids is 1. The van der Waals surface area contributed by atoms with Gasteiger partial charge < -0.3 is 14.8 Å². The Labute approximate surface area is 116 Å². The Morgan fingerprint density at radius 2 is 1.90 bits per heavy atom. The van der Waals surface area contributed by atoms with Crippen LogP contribution in [0.1, 0.15) is 31.2 Å². The molecule has 1 unspecified atom stereocenters. The van der Waals surface area contributed by atoms with Gasteiger partial charge in [-0.15, -0.1) is 0 Å². The molecule has 2 atom stereocenters. The highest BCUT2D eigenvalue weighted by Crippen LogP contribution is 2.29. The maximum absolute atomic E-state index is 11.8. The lowest BCUT2D eigenvalue weighted by molar-refractivity contribution is -0.146. The van der Waals surface area contributed by atoms with Gasteiger partial charge >= 0.3 is 5.97 Å². The number of benzene rings is 1. The molecule has 0 saturated carbocycles. The van der Waals surface area contributed by atoms with Crippen molar-refractivity contribution < 1.29 is 19.1 Å². The number of carboxylic acid groups (broad SMARTS) is 1. The van der Waals surface area contributed by atoms with E-state index in [9.17, 15) is 9.59 Å². The van der Waals surface area contributed by atoms with Crippen LogP contribution in [-0.4, -0.2) is 17.0 Å². The molecule has 2 aromatic rings. The summed E-state index contributed by atoms with van der Waals surface area (Å²) in [5.41, 5.74) is 1.71. The number of carbonyl (C=O) groups excluding carboxylic acids is 1. The van der Waals surface area contributed by atoms with E-state index in [0.717, 1.165) is 16.5 Å². The highest BCUT2D eigenvalue weighted by molar-refractivity contribution is 5.96. The van der Waals surface area contributed by atoms with Gasteiger partial charge in [-0.1, -0.05) is 18.2 Å². The first-order chi connectivity index (χ1) is 9.41. The zero-order valence-corrected chi connectivity index (χ0v) is 11.6. The maximum atomic E-state index is 11.8. The molecule has 106 valence electrons. The zero-order chi connectivity index (χ0) is 14.9. The van der Waals surface area contributed by atoms with Crippen LogP contribution >= 0.6 is 0 Å². The Balaban J connectivity index is 2.23. The molecule has 0 aliphatic carbocycles. The molecule has 1 amide bonds. The molecule has 2 rings (SSSR count). The minimum absolute atomic E-state index is 0.378. The van der Waals surface area contributed by atoms with Gasteiger partial charge in [-0.2, -0.15) is 0 Å². The van der Waals surface area contributed by atoms with E-state index in [1.54, 1.807) is 6.92 Å². The molecule has 0 spiro atoms. The van der Waals surface area contributed by atoms with Crippen LogP contribution in [0.2, 0.25) is 0 Å². The third kappa shape index (κ3) is 2.52. The number of hydrogen-bond acceptors (Lipinski definition) is 3. The third-order valence-electron chi connectivity index (χ3n) is 3.40. The van der Waals surface area contributed by atoms with Crippen LogP contribution in [0.25, 0.3) is 11.0 Å². The molecule has 0 aliphatic rings. The summed E-state index contributed by atoms with van der Waals surface area (Å²) in [6, 6.07) is 7.23. The second kappa shape index (κ2) is 5.36. The number of rotatable bonds is 4. The highest BCUT2D eigenvalue weighted by Gasteiger charge is 2.24. The fraction of sp³-hybridized carbons (Fsp3) is 0.333. The van der Waals surface area contributed by atoms with E-state index < -0.39 is 17.8 Å². The summed E-state index contributed by atoms with van der Waals surface area (Å²) in [6.45, 7) is 5.05. The van der Waals surface area contributed by atoms with Crippen LogP contribution in [-0.2, 0) is 9.59 Å². The second-order valence-electron chi connectivity index (χ2n) is 4.88. The van der Waals surface area contributed by atoms with Crippen LogP contribution in [0.15, 0.2) is 28.7 Å². The lowest BCUT2D eigenvalue weighted by atomic mass is 10.1. The number of aryl methyl sites for hydroxylation is 1. The molecule has 5 heteroatoms. The normalized spacial score (nSPS) is 13.9. The van der Waals surface area contributed by atoms with E-state index in [4.69, 9.17) is 9.52 Å². The third-order valence-corrected chi connectivity index (χ3v) is 3.40. The number of furan rings is 1. The Morgan fingerprint density at radius 1 is 1.25 bits per heavy atom. The topological polar surface area (TPSA) is 79.5 Å². The van der Waals surface area contributed by atoms with E-state index in [1.165, 1.54) is 6.92 Å². The molecule has 1 heterocycles. The van der Waals surface area contributed by atoms with Crippen molar-refractivity contribution in [3.05, 3.63) is 35.6 Å². The predicted octanol–water partition coefficient (Wildman–Crippen LogP) is 2.64. The minimum atomic E-state index is -1.14. The van der Waals surface area contributed by atoms with E-state index in [0.29, 0.717) is 5.76 Å². The monoisotopic (exact) mass is 275 g/mol. The van der Waals surface area contributed by atoms with Crippen LogP contribution in [0.5, 0.6) is 0 Å². The second-order valence-corrected chi connectivity index (χ2v) is 4.88. The quantitative estimate of drug-likeness (QED) is 0.841. The van der Waals surface area contributed by atoms with Crippen LogP contribution in [0, 0.1) is 12.8 Å². The number of para-hydroxylation sites is 1. The van der Waals surface area contributed by atoms with E-state index >= 15 is 0 Å². The number of hydrogen-bond donors (Lipinski definition) is 2. The molecule has 0 radical (unpaired) electrons. The molecule has 1 aromatic heterocycles. The van der Waals surface area contributed by atoms with Gasteiger partial charge in [0.15, 0.2) is 0 Å². The van der Waals surface area contributed by atoms with Crippen LogP contribution in [0.3, 0.4) is 0 Å². The molecule has 20 heavy (non-hydrogen) atoms. The Kier molecular flexibility index (Phi) is 3.79. The first kappa shape index (κ1) is 14.1. The Morgan fingerprint density at radius 3 is 2.50 bits per heavy atom. The van der Waals surface area contributed by atoms with E-state index in [1.807, 2.05) is 31.2 Å². The van der Waals surface area contributed by atoms with Crippen molar-refractivity contribution >= 4 is 22.8 Å². The van der Waals surface area contributed by atoms with Gasteiger partial charge in [0.2, 0.25) is 5.91 Å². The summed E-state index contributed by atoms with van der Waals surface area (Å²) in [4.78, 5) is 22.5. The standard InChI is InChI=1S/C15H17NO4/c1-8-11-6-4-5-7-12(11)20-13(8)10(3)16-14(17)9(2)15(18)19/h4-7,9-10H,1-3H3,(H,16,17)(H,18,19)/t9?,10-/m1/s1. The first-order valence-corrected chi connectivity index (χ1v) is 6.43. The maximum Gasteiger partial charge on any atom is 0.315 e. The number of amides is 1. The first-order valence-electron chi connectivity index (χ1n) is 6.43. The lowest BCUT2D eigenvalue weighted by Crippen LogP contribution is -2.35. The Bertz CT molecular complexity index is 659. The molecule has 0 fully saturated rings. The number of aliphatic carboxylic acids is 1. The van der Waals surface area contributed by atoms with Crippen molar-refractivity contribution in [1.29, 1.82) is 0 Å². The largest absolute Gasteiger partial charge is 0.481 e. The summed E-state index contributed by atoms with van der Waals surface area (Å²) in [6.07, 6.45) is 0. The van der Waals surface area contributed by atoms with Gasteiger partial charge in [-0.25, -0.2) is 0 Å².